The predicted molar refractivity (Wildman–Crippen MR) is 209 cm³/mol. The standard InChI is InChI=1S/C46H69N3O6/c1-25(2)28-15-18-45(37(51)47-32-23-30(40(32,7)8)36-49-48-27(4)54-36)21-19-41(9)29(35(28)45)13-14-31-42(41,10)20-22-46-26(3)44(46,12)33(16-17-43(31,46)11)55-34(50)24-39(5,6)38(52)53/h26,28-33,35H,1,13-24H2,2-12H3,(H,47,51)(H,52,53)/t26?,28-,29?,30+,31-,32+,33-,35+,41+,42+,43+,44?,45-,46-/m0/s1. The number of carbonyl (C=O) groups excluding carboxylic acids is 2. The van der Waals surface area contributed by atoms with Gasteiger partial charge in [-0.3, -0.25) is 14.4 Å². The van der Waals surface area contributed by atoms with Gasteiger partial charge in [0.25, 0.3) is 0 Å². The molecule has 0 bridgehead atoms. The number of aromatic nitrogens is 2. The van der Waals surface area contributed by atoms with E-state index in [0.717, 1.165) is 64.2 Å². The van der Waals surface area contributed by atoms with Crippen LogP contribution in [-0.2, 0) is 19.1 Å². The van der Waals surface area contributed by atoms with Gasteiger partial charge in [-0.2, -0.15) is 0 Å². The number of hydrogen-bond acceptors (Lipinski definition) is 7. The first kappa shape index (κ1) is 39.1. The van der Waals surface area contributed by atoms with Crippen molar-refractivity contribution in [3.63, 3.8) is 0 Å². The maximum absolute atomic E-state index is 15.0. The Kier molecular flexibility index (Phi) is 8.49. The zero-order valence-corrected chi connectivity index (χ0v) is 35.7. The van der Waals surface area contributed by atoms with Gasteiger partial charge in [0.2, 0.25) is 17.7 Å². The average molecular weight is 760 g/mol. The summed E-state index contributed by atoms with van der Waals surface area (Å²) in [5.41, 5.74) is -0.132. The molecule has 0 radical (unpaired) electrons. The van der Waals surface area contributed by atoms with Crippen molar-refractivity contribution in [3.05, 3.63) is 23.9 Å². The molecule has 7 aliphatic rings. The molecule has 1 heterocycles. The minimum absolute atomic E-state index is 0.0695. The number of esters is 1. The number of hydrogen-bond donors (Lipinski definition) is 2. The molecule has 7 aliphatic carbocycles. The lowest BCUT2D eigenvalue weighted by Gasteiger charge is -2.72. The number of rotatable bonds is 8. The zero-order chi connectivity index (χ0) is 40.1. The number of nitrogens with one attached hydrogen (secondary N) is 1. The van der Waals surface area contributed by atoms with Crippen molar-refractivity contribution in [1.82, 2.24) is 15.5 Å². The Morgan fingerprint density at radius 3 is 2.24 bits per heavy atom. The molecule has 9 nitrogen and oxygen atoms in total. The van der Waals surface area contributed by atoms with Gasteiger partial charge in [-0.15, -0.1) is 10.2 Å². The summed E-state index contributed by atoms with van der Waals surface area (Å²) in [7, 11) is 0. The number of carbonyl (C=O) groups is 3. The van der Waals surface area contributed by atoms with E-state index in [1.54, 1.807) is 13.8 Å². The van der Waals surface area contributed by atoms with Crippen molar-refractivity contribution in [2.75, 3.05) is 0 Å². The van der Waals surface area contributed by atoms with Crippen molar-refractivity contribution in [1.29, 1.82) is 0 Å². The third-order valence-electron chi connectivity index (χ3n) is 20.0. The third-order valence-corrected chi connectivity index (χ3v) is 20.0. The lowest BCUT2D eigenvalue weighted by molar-refractivity contribution is -0.239. The van der Waals surface area contributed by atoms with Gasteiger partial charge in [-0.1, -0.05) is 60.6 Å². The molecule has 7 saturated carbocycles. The van der Waals surface area contributed by atoms with Gasteiger partial charge in [0.1, 0.15) is 6.10 Å². The summed E-state index contributed by atoms with van der Waals surface area (Å²) in [4.78, 5) is 40.0. The highest BCUT2D eigenvalue weighted by Gasteiger charge is 2.86. The number of carboxylic acids is 1. The smallest absolute Gasteiger partial charge is 0.309 e. The minimum Gasteiger partial charge on any atom is -0.481 e. The summed E-state index contributed by atoms with van der Waals surface area (Å²) in [6, 6.07) is 0.0695. The van der Waals surface area contributed by atoms with Crippen LogP contribution in [0.5, 0.6) is 0 Å². The number of aliphatic carboxylic acids is 1. The monoisotopic (exact) mass is 760 g/mol. The zero-order valence-electron chi connectivity index (χ0n) is 35.7. The summed E-state index contributed by atoms with van der Waals surface area (Å²) < 4.78 is 12.1. The molecule has 2 N–H and O–H groups in total. The Labute approximate surface area is 329 Å². The lowest BCUT2D eigenvalue weighted by atomic mass is 9.32. The number of ether oxygens (including phenoxy) is 1. The van der Waals surface area contributed by atoms with Gasteiger partial charge in [0.15, 0.2) is 0 Å². The van der Waals surface area contributed by atoms with Crippen LogP contribution in [0.4, 0.5) is 0 Å². The molecule has 0 saturated heterocycles. The highest BCUT2D eigenvalue weighted by Crippen LogP contribution is 2.90. The van der Waals surface area contributed by atoms with Crippen molar-refractivity contribution < 1.29 is 28.6 Å². The van der Waals surface area contributed by atoms with Gasteiger partial charge in [-0.25, -0.2) is 0 Å². The van der Waals surface area contributed by atoms with E-state index in [1.165, 1.54) is 12.0 Å². The molecule has 55 heavy (non-hydrogen) atoms. The molecule has 1 aromatic heterocycles. The van der Waals surface area contributed by atoms with Crippen molar-refractivity contribution in [3.8, 4) is 0 Å². The summed E-state index contributed by atoms with van der Waals surface area (Å²) >= 11 is 0. The molecule has 14 atom stereocenters. The van der Waals surface area contributed by atoms with E-state index in [9.17, 15) is 19.5 Å². The Balaban J connectivity index is 1.05. The van der Waals surface area contributed by atoms with Crippen molar-refractivity contribution >= 4 is 17.8 Å². The summed E-state index contributed by atoms with van der Waals surface area (Å²) in [6.45, 7) is 28.9. The van der Waals surface area contributed by atoms with Crippen molar-refractivity contribution in [2.45, 2.75) is 171 Å². The molecule has 0 aliphatic heterocycles. The van der Waals surface area contributed by atoms with Crippen LogP contribution in [0.3, 0.4) is 0 Å². The molecule has 8 rings (SSSR count). The Hall–Kier alpha value is -2.71. The fourth-order valence-corrected chi connectivity index (χ4v) is 16.3. The Morgan fingerprint density at radius 2 is 1.62 bits per heavy atom. The Bertz CT molecular complexity index is 1820. The van der Waals surface area contributed by atoms with Gasteiger partial charge >= 0.3 is 11.9 Å². The van der Waals surface area contributed by atoms with Gasteiger partial charge < -0.3 is 19.6 Å². The van der Waals surface area contributed by atoms with Crippen LogP contribution in [0, 0.1) is 79.8 Å². The van der Waals surface area contributed by atoms with Crippen molar-refractivity contribution in [2.24, 2.45) is 72.9 Å². The molecular formula is C46H69N3O6. The molecule has 1 spiro atoms. The van der Waals surface area contributed by atoms with Crippen LogP contribution in [-0.4, -0.2) is 45.3 Å². The van der Waals surface area contributed by atoms with E-state index in [-0.39, 0.29) is 80.2 Å². The maximum atomic E-state index is 15.0. The highest BCUT2D eigenvalue weighted by atomic mass is 16.5. The van der Waals surface area contributed by atoms with E-state index < -0.39 is 11.4 Å². The van der Waals surface area contributed by atoms with Crippen LogP contribution in [0.15, 0.2) is 16.6 Å². The normalized spacial score (nSPS) is 47.8. The summed E-state index contributed by atoms with van der Waals surface area (Å²) in [5.74, 6) is 2.40. The summed E-state index contributed by atoms with van der Waals surface area (Å²) in [6.07, 6.45) is 11.0. The van der Waals surface area contributed by atoms with Crippen LogP contribution in [0.25, 0.3) is 0 Å². The van der Waals surface area contributed by atoms with Crippen LogP contribution >= 0.6 is 0 Å². The molecule has 1 aromatic rings. The fraction of sp³-hybridized carbons (Fsp3) is 0.848. The lowest BCUT2D eigenvalue weighted by Crippen LogP contribution is -2.67. The van der Waals surface area contributed by atoms with Gasteiger partial charge in [0, 0.05) is 24.3 Å². The Morgan fingerprint density at radius 1 is 0.927 bits per heavy atom. The molecule has 1 amide bonds. The quantitative estimate of drug-likeness (QED) is 0.198. The molecular weight excluding hydrogens is 691 g/mol. The first-order valence-corrected chi connectivity index (χ1v) is 21.7. The number of amides is 1. The third kappa shape index (κ3) is 4.79. The first-order valence-electron chi connectivity index (χ1n) is 21.7. The van der Waals surface area contributed by atoms with E-state index in [2.05, 4.69) is 77.5 Å². The number of aryl methyl sites for hydroxylation is 1. The van der Waals surface area contributed by atoms with Crippen LogP contribution in [0.1, 0.15) is 164 Å². The predicted octanol–water partition coefficient (Wildman–Crippen LogP) is 9.45. The topological polar surface area (TPSA) is 132 Å². The molecule has 9 heteroatoms. The van der Waals surface area contributed by atoms with E-state index in [0.29, 0.717) is 35.5 Å². The van der Waals surface area contributed by atoms with Gasteiger partial charge in [0.05, 0.1) is 17.3 Å². The van der Waals surface area contributed by atoms with E-state index in [4.69, 9.17) is 9.15 Å². The minimum atomic E-state index is -1.15. The number of fused-ring (bicyclic) bond motifs is 6. The average Bonchev–Trinajstić information content (AvgIpc) is 3.43. The SMILES string of the molecule is C=C(C)[C@@H]1CC[C@]2(C(=O)N[C@@H]3C[C@H](c4nnc(C)o4)C3(C)C)CC[C@]3(C)C(CC[C@H]4[C@@]3(C)CC[C@@]35C(C)C3(C)[C@@H](OC(=O)CC(C)(C)C(=O)O)CC[C@]45C)[C@@H]12. The molecule has 7 fully saturated rings. The van der Waals surface area contributed by atoms with E-state index in [1.807, 2.05) is 6.92 Å². The number of carboxylic acid groups (broad SMARTS) is 1. The van der Waals surface area contributed by atoms with Gasteiger partial charge in [-0.05, 0) is 148 Å². The second-order valence-electron chi connectivity index (χ2n) is 22.3. The molecule has 304 valence electrons. The number of nitrogens with zero attached hydrogens (tertiary/aromatic N) is 2. The van der Waals surface area contributed by atoms with Crippen LogP contribution < -0.4 is 5.32 Å². The second kappa shape index (κ2) is 11.9. The van der Waals surface area contributed by atoms with Crippen LogP contribution in [0.2, 0.25) is 0 Å². The fourth-order valence-electron chi connectivity index (χ4n) is 16.3. The first-order chi connectivity index (χ1) is 25.5. The second-order valence-corrected chi connectivity index (χ2v) is 22.3. The molecule has 3 unspecified atom stereocenters. The summed E-state index contributed by atoms with van der Waals surface area (Å²) in [5, 5.41) is 21.8. The largest absolute Gasteiger partial charge is 0.481 e. The maximum Gasteiger partial charge on any atom is 0.309 e. The number of allylic oxidation sites excluding steroid dienone is 1. The van der Waals surface area contributed by atoms with E-state index >= 15 is 0 Å². The molecule has 0 aromatic carbocycles. The highest BCUT2D eigenvalue weighted by molar-refractivity contribution is 5.84.